The monoisotopic (exact) mass is 258 g/mol. The molecule has 1 saturated heterocycles. The van der Waals surface area contributed by atoms with Gasteiger partial charge in [-0.3, -0.25) is 9.36 Å². The third-order valence-electron chi connectivity index (χ3n) is 3.84. The van der Waals surface area contributed by atoms with Crippen molar-refractivity contribution in [1.29, 1.82) is 0 Å². The SMILES string of the molecule is CC1(Cn2c(N)cc3ccccc3c2=O)CCCO1. The lowest BCUT2D eigenvalue weighted by molar-refractivity contribution is 0.00607. The number of aromatic nitrogens is 1. The lowest BCUT2D eigenvalue weighted by atomic mass is 10.0. The largest absolute Gasteiger partial charge is 0.385 e. The van der Waals surface area contributed by atoms with Crippen LogP contribution in [0.5, 0.6) is 0 Å². The van der Waals surface area contributed by atoms with Crippen LogP contribution in [0.2, 0.25) is 0 Å². The fourth-order valence-electron chi connectivity index (χ4n) is 2.78. The van der Waals surface area contributed by atoms with E-state index in [1.54, 1.807) is 4.57 Å². The van der Waals surface area contributed by atoms with E-state index in [0.717, 1.165) is 24.8 Å². The standard InChI is InChI=1S/C15H18N2O2/c1-15(7-4-8-19-15)10-17-13(16)9-11-5-2-3-6-12(11)14(17)18/h2-3,5-6,9H,4,7-8,10,16H2,1H3. The van der Waals surface area contributed by atoms with Crippen molar-refractivity contribution in [3.63, 3.8) is 0 Å². The maximum atomic E-state index is 12.5. The number of anilines is 1. The fraction of sp³-hybridized carbons (Fsp3) is 0.400. The van der Waals surface area contributed by atoms with Crippen molar-refractivity contribution >= 4 is 16.6 Å². The number of nitrogen functional groups attached to an aromatic ring is 1. The number of fused-ring (bicyclic) bond motifs is 1. The Balaban J connectivity index is 2.11. The molecular formula is C15H18N2O2. The van der Waals surface area contributed by atoms with Gasteiger partial charge in [0.15, 0.2) is 0 Å². The summed E-state index contributed by atoms with van der Waals surface area (Å²) >= 11 is 0. The first-order chi connectivity index (χ1) is 9.09. The van der Waals surface area contributed by atoms with E-state index in [0.29, 0.717) is 17.7 Å². The molecule has 1 aliphatic rings. The Bertz CT molecular complexity index is 669. The van der Waals surface area contributed by atoms with Gasteiger partial charge in [-0.25, -0.2) is 0 Å². The first-order valence-corrected chi connectivity index (χ1v) is 6.61. The van der Waals surface area contributed by atoms with Gasteiger partial charge in [0.1, 0.15) is 5.82 Å². The zero-order chi connectivity index (χ0) is 13.5. The molecule has 1 aromatic carbocycles. The highest BCUT2D eigenvalue weighted by molar-refractivity contribution is 5.83. The van der Waals surface area contributed by atoms with Crippen LogP contribution in [0.3, 0.4) is 0 Å². The Kier molecular flexibility index (Phi) is 2.82. The molecule has 1 aromatic heterocycles. The molecule has 1 atom stereocenters. The van der Waals surface area contributed by atoms with Gasteiger partial charge in [-0.2, -0.15) is 0 Å². The molecule has 2 N–H and O–H groups in total. The number of benzene rings is 1. The third-order valence-corrected chi connectivity index (χ3v) is 3.84. The summed E-state index contributed by atoms with van der Waals surface area (Å²) in [5.41, 5.74) is 5.72. The first kappa shape index (κ1) is 12.2. The number of pyridine rings is 1. The van der Waals surface area contributed by atoms with Crippen molar-refractivity contribution in [2.75, 3.05) is 12.3 Å². The van der Waals surface area contributed by atoms with E-state index in [4.69, 9.17) is 10.5 Å². The second-order valence-corrected chi connectivity index (χ2v) is 5.45. The van der Waals surface area contributed by atoms with E-state index in [1.807, 2.05) is 37.3 Å². The summed E-state index contributed by atoms with van der Waals surface area (Å²) in [5, 5.41) is 1.59. The van der Waals surface area contributed by atoms with E-state index in [9.17, 15) is 4.79 Å². The van der Waals surface area contributed by atoms with E-state index >= 15 is 0 Å². The maximum Gasteiger partial charge on any atom is 0.260 e. The molecule has 2 aromatic rings. The van der Waals surface area contributed by atoms with Crippen molar-refractivity contribution in [3.05, 3.63) is 40.7 Å². The van der Waals surface area contributed by atoms with Crippen molar-refractivity contribution in [2.24, 2.45) is 0 Å². The molecule has 2 heterocycles. The molecule has 0 spiro atoms. The molecular weight excluding hydrogens is 240 g/mol. The number of rotatable bonds is 2. The lowest BCUT2D eigenvalue weighted by Gasteiger charge is -2.25. The van der Waals surface area contributed by atoms with E-state index in [2.05, 4.69) is 0 Å². The zero-order valence-corrected chi connectivity index (χ0v) is 11.1. The number of hydrogen-bond acceptors (Lipinski definition) is 3. The van der Waals surface area contributed by atoms with Gasteiger partial charge in [-0.1, -0.05) is 18.2 Å². The van der Waals surface area contributed by atoms with Gasteiger partial charge in [0.05, 0.1) is 12.1 Å². The van der Waals surface area contributed by atoms with Gasteiger partial charge >= 0.3 is 0 Å². The second-order valence-electron chi connectivity index (χ2n) is 5.45. The van der Waals surface area contributed by atoms with Crippen LogP contribution in [0.15, 0.2) is 35.1 Å². The van der Waals surface area contributed by atoms with Crippen molar-refractivity contribution in [2.45, 2.75) is 31.9 Å². The summed E-state index contributed by atoms with van der Waals surface area (Å²) in [5.74, 6) is 0.500. The molecule has 1 aliphatic heterocycles. The predicted octanol–water partition coefficient (Wildman–Crippen LogP) is 2.15. The highest BCUT2D eigenvalue weighted by atomic mass is 16.5. The topological polar surface area (TPSA) is 57.2 Å². The van der Waals surface area contributed by atoms with Crippen LogP contribution in [0.1, 0.15) is 19.8 Å². The molecule has 4 nitrogen and oxygen atoms in total. The summed E-state index contributed by atoms with van der Waals surface area (Å²) < 4.78 is 7.38. The van der Waals surface area contributed by atoms with Gasteiger partial charge in [0, 0.05) is 12.0 Å². The van der Waals surface area contributed by atoms with Crippen molar-refractivity contribution in [1.82, 2.24) is 4.57 Å². The Labute approximate surface area is 111 Å². The van der Waals surface area contributed by atoms with E-state index < -0.39 is 0 Å². The summed E-state index contributed by atoms with van der Waals surface area (Å²) in [7, 11) is 0. The maximum absolute atomic E-state index is 12.5. The Morgan fingerprint density at radius 3 is 2.95 bits per heavy atom. The minimum atomic E-state index is -0.277. The third kappa shape index (κ3) is 2.12. The summed E-state index contributed by atoms with van der Waals surface area (Å²) in [6.45, 7) is 3.32. The predicted molar refractivity (Wildman–Crippen MR) is 76.2 cm³/mol. The lowest BCUT2D eigenvalue weighted by Crippen LogP contribution is -2.36. The van der Waals surface area contributed by atoms with Gasteiger partial charge in [-0.15, -0.1) is 0 Å². The molecule has 0 amide bonds. The molecule has 0 aliphatic carbocycles. The second kappa shape index (κ2) is 4.38. The highest BCUT2D eigenvalue weighted by Crippen LogP contribution is 2.27. The normalized spacial score (nSPS) is 23.0. The van der Waals surface area contributed by atoms with Crippen molar-refractivity contribution < 1.29 is 4.74 Å². The molecule has 1 fully saturated rings. The van der Waals surface area contributed by atoms with Crippen LogP contribution < -0.4 is 11.3 Å². The van der Waals surface area contributed by atoms with Gasteiger partial charge < -0.3 is 10.5 Å². The van der Waals surface area contributed by atoms with E-state index in [-0.39, 0.29) is 11.2 Å². The zero-order valence-electron chi connectivity index (χ0n) is 11.1. The van der Waals surface area contributed by atoms with Crippen LogP contribution in [0.4, 0.5) is 5.82 Å². The van der Waals surface area contributed by atoms with E-state index in [1.165, 1.54) is 0 Å². The average Bonchev–Trinajstić information content (AvgIpc) is 2.82. The minimum absolute atomic E-state index is 0.0349. The summed E-state index contributed by atoms with van der Waals surface area (Å²) in [4.78, 5) is 12.5. The summed E-state index contributed by atoms with van der Waals surface area (Å²) in [6, 6.07) is 9.39. The quantitative estimate of drug-likeness (QED) is 0.898. The number of nitrogens with zero attached hydrogens (tertiary/aromatic N) is 1. The van der Waals surface area contributed by atoms with Gasteiger partial charge in [0.25, 0.3) is 5.56 Å². The average molecular weight is 258 g/mol. The fourth-order valence-corrected chi connectivity index (χ4v) is 2.78. The molecule has 0 bridgehead atoms. The van der Waals surface area contributed by atoms with Crippen LogP contribution in [-0.2, 0) is 11.3 Å². The molecule has 0 radical (unpaired) electrons. The molecule has 0 saturated carbocycles. The number of ether oxygens (including phenoxy) is 1. The van der Waals surface area contributed by atoms with Crippen molar-refractivity contribution in [3.8, 4) is 0 Å². The highest BCUT2D eigenvalue weighted by Gasteiger charge is 2.31. The Morgan fingerprint density at radius 1 is 1.42 bits per heavy atom. The molecule has 4 heteroatoms. The summed E-state index contributed by atoms with van der Waals surface area (Å²) in [6.07, 6.45) is 2.00. The van der Waals surface area contributed by atoms with Crippen LogP contribution in [0, 0.1) is 0 Å². The molecule has 100 valence electrons. The van der Waals surface area contributed by atoms with Gasteiger partial charge in [-0.05, 0) is 37.3 Å². The smallest absolute Gasteiger partial charge is 0.260 e. The van der Waals surface area contributed by atoms with Gasteiger partial charge in [0.2, 0.25) is 0 Å². The Hall–Kier alpha value is -1.81. The number of hydrogen-bond donors (Lipinski definition) is 1. The molecule has 19 heavy (non-hydrogen) atoms. The van der Waals surface area contributed by atoms with Crippen LogP contribution in [-0.4, -0.2) is 16.8 Å². The molecule has 1 unspecified atom stereocenters. The minimum Gasteiger partial charge on any atom is -0.385 e. The van der Waals surface area contributed by atoms with Crippen LogP contribution in [0.25, 0.3) is 10.8 Å². The van der Waals surface area contributed by atoms with Crippen LogP contribution >= 0.6 is 0 Å². The number of nitrogens with two attached hydrogens (primary N) is 1. The Morgan fingerprint density at radius 2 is 2.21 bits per heavy atom. The molecule has 3 rings (SSSR count). The first-order valence-electron chi connectivity index (χ1n) is 6.61.